The van der Waals surface area contributed by atoms with E-state index in [9.17, 15) is 9.59 Å². The molecular weight excluding hydrogens is 332 g/mol. The van der Waals surface area contributed by atoms with Gasteiger partial charge in [0.2, 0.25) is 5.91 Å². The molecule has 26 heavy (non-hydrogen) atoms. The number of nitrogens with one attached hydrogen (secondary N) is 1. The lowest BCUT2D eigenvalue weighted by molar-refractivity contribution is -0.120. The summed E-state index contributed by atoms with van der Waals surface area (Å²) in [7, 11) is 0. The Morgan fingerprint density at radius 3 is 2.92 bits per heavy atom. The first kappa shape index (κ1) is 18.1. The molecule has 2 N–H and O–H groups in total. The number of aromatic carboxylic acids is 1. The van der Waals surface area contributed by atoms with E-state index in [2.05, 4.69) is 20.1 Å². The number of hydrogen-bond acceptors (Lipinski definition) is 4. The molecular formula is C19H24N4O3. The Morgan fingerprint density at radius 1 is 1.19 bits per heavy atom. The number of carboxylic acids is 1. The zero-order chi connectivity index (χ0) is 18.4. The Kier molecular flexibility index (Phi) is 5.99. The molecule has 3 rings (SSSR count). The van der Waals surface area contributed by atoms with Crippen molar-refractivity contribution in [3.63, 3.8) is 0 Å². The summed E-state index contributed by atoms with van der Waals surface area (Å²) in [5.41, 5.74) is 0.896. The van der Waals surface area contributed by atoms with Crippen molar-refractivity contribution in [2.45, 2.75) is 51.5 Å². The maximum Gasteiger partial charge on any atom is 0.335 e. The molecule has 1 aromatic carbocycles. The van der Waals surface area contributed by atoms with E-state index in [0.29, 0.717) is 12.1 Å². The van der Waals surface area contributed by atoms with Gasteiger partial charge >= 0.3 is 5.97 Å². The summed E-state index contributed by atoms with van der Waals surface area (Å²) in [4.78, 5) is 23.0. The van der Waals surface area contributed by atoms with Crippen molar-refractivity contribution in [3.05, 3.63) is 47.0 Å². The van der Waals surface area contributed by atoms with E-state index < -0.39 is 5.97 Å². The highest BCUT2D eigenvalue weighted by molar-refractivity contribution is 5.88. The molecule has 0 aliphatic carbocycles. The zero-order valence-corrected chi connectivity index (χ0v) is 14.8. The van der Waals surface area contributed by atoms with Gasteiger partial charge in [0.1, 0.15) is 11.6 Å². The maximum atomic E-state index is 12.0. The van der Waals surface area contributed by atoms with Crippen LogP contribution in [0.1, 0.15) is 53.3 Å². The van der Waals surface area contributed by atoms with Crippen LogP contribution in [0.5, 0.6) is 0 Å². The van der Waals surface area contributed by atoms with E-state index in [4.69, 9.17) is 5.11 Å². The normalized spacial score (nSPS) is 13.7. The Morgan fingerprint density at radius 2 is 2.08 bits per heavy atom. The van der Waals surface area contributed by atoms with Gasteiger partial charge in [-0.05, 0) is 37.0 Å². The molecule has 0 radical (unpaired) electrons. The van der Waals surface area contributed by atoms with Crippen LogP contribution in [0.2, 0.25) is 0 Å². The summed E-state index contributed by atoms with van der Waals surface area (Å²) in [5.74, 6) is 0.998. The Labute approximate surface area is 152 Å². The third-order valence-electron chi connectivity index (χ3n) is 4.62. The lowest BCUT2D eigenvalue weighted by atomic mass is 10.1. The van der Waals surface area contributed by atoms with Crippen molar-refractivity contribution >= 4 is 11.9 Å². The van der Waals surface area contributed by atoms with Gasteiger partial charge in [0.05, 0.1) is 12.0 Å². The second-order valence-electron chi connectivity index (χ2n) is 6.63. The first-order chi connectivity index (χ1) is 12.6. The molecule has 0 fully saturated rings. The number of carboxylic acid groups (broad SMARTS) is 1. The predicted octanol–water partition coefficient (Wildman–Crippen LogP) is 1.99. The first-order valence-corrected chi connectivity index (χ1v) is 9.13. The first-order valence-electron chi connectivity index (χ1n) is 9.13. The minimum atomic E-state index is -0.986. The summed E-state index contributed by atoms with van der Waals surface area (Å²) in [6.07, 6.45) is 6.37. The highest BCUT2D eigenvalue weighted by Crippen LogP contribution is 2.15. The van der Waals surface area contributed by atoms with Gasteiger partial charge in [0.25, 0.3) is 0 Å². The standard InChI is InChI=1S/C19H24N4O3/c24-18(13-14-6-4-7-15(12-14)19(25)26)20-10-5-9-17-22-21-16-8-2-1-3-11-23(16)17/h4,6-7,12H,1-3,5,8-11,13H2,(H,20,24)(H,25,26). The molecule has 0 saturated carbocycles. The SMILES string of the molecule is O=C(Cc1cccc(C(=O)O)c1)NCCCc1nnc2n1CCCCC2. The number of aromatic nitrogens is 3. The number of fused-ring (bicyclic) bond motifs is 1. The molecule has 138 valence electrons. The van der Waals surface area contributed by atoms with Gasteiger partial charge < -0.3 is 15.0 Å². The molecule has 7 heteroatoms. The van der Waals surface area contributed by atoms with Crippen LogP contribution in [0.4, 0.5) is 0 Å². The Hall–Kier alpha value is -2.70. The second kappa shape index (κ2) is 8.60. The molecule has 1 amide bonds. The molecule has 0 atom stereocenters. The van der Waals surface area contributed by atoms with E-state index >= 15 is 0 Å². The van der Waals surface area contributed by atoms with Crippen LogP contribution in [-0.4, -0.2) is 38.3 Å². The molecule has 0 spiro atoms. The summed E-state index contributed by atoms with van der Waals surface area (Å²) >= 11 is 0. The van der Waals surface area contributed by atoms with E-state index in [0.717, 1.165) is 37.5 Å². The fourth-order valence-electron chi connectivity index (χ4n) is 3.27. The van der Waals surface area contributed by atoms with Crippen LogP contribution < -0.4 is 5.32 Å². The van der Waals surface area contributed by atoms with Crippen LogP contribution in [0.25, 0.3) is 0 Å². The highest BCUT2D eigenvalue weighted by atomic mass is 16.4. The number of carbonyl (C=O) groups is 2. The molecule has 2 heterocycles. The van der Waals surface area contributed by atoms with Crippen molar-refractivity contribution in [2.24, 2.45) is 0 Å². The average molecular weight is 356 g/mol. The molecule has 2 aromatic rings. The fourth-order valence-corrected chi connectivity index (χ4v) is 3.27. The van der Waals surface area contributed by atoms with Crippen LogP contribution in [0.3, 0.4) is 0 Å². The van der Waals surface area contributed by atoms with Crippen LogP contribution in [0.15, 0.2) is 24.3 Å². The molecule has 0 unspecified atom stereocenters. The number of aryl methyl sites for hydroxylation is 2. The minimum absolute atomic E-state index is 0.104. The van der Waals surface area contributed by atoms with Gasteiger partial charge in [-0.3, -0.25) is 4.79 Å². The van der Waals surface area contributed by atoms with Gasteiger partial charge in [-0.1, -0.05) is 18.6 Å². The average Bonchev–Trinajstić information content (AvgIpc) is 2.85. The van der Waals surface area contributed by atoms with E-state index in [1.54, 1.807) is 12.1 Å². The third-order valence-corrected chi connectivity index (χ3v) is 4.62. The molecule has 0 bridgehead atoms. The number of benzene rings is 1. The number of hydrogen-bond donors (Lipinski definition) is 2. The van der Waals surface area contributed by atoms with Crippen LogP contribution >= 0.6 is 0 Å². The molecule has 1 aliphatic rings. The van der Waals surface area contributed by atoms with Crippen molar-refractivity contribution in [3.8, 4) is 0 Å². The van der Waals surface area contributed by atoms with E-state index in [1.807, 2.05) is 0 Å². The molecule has 0 saturated heterocycles. The predicted molar refractivity (Wildman–Crippen MR) is 96.0 cm³/mol. The topological polar surface area (TPSA) is 97.1 Å². The minimum Gasteiger partial charge on any atom is -0.478 e. The highest BCUT2D eigenvalue weighted by Gasteiger charge is 2.14. The van der Waals surface area contributed by atoms with Gasteiger partial charge in [-0.25, -0.2) is 4.79 Å². The maximum absolute atomic E-state index is 12.0. The third kappa shape index (κ3) is 4.68. The molecule has 1 aromatic heterocycles. The van der Waals surface area contributed by atoms with Crippen LogP contribution in [-0.2, 0) is 30.6 Å². The van der Waals surface area contributed by atoms with Gasteiger partial charge in [0.15, 0.2) is 0 Å². The molecule has 7 nitrogen and oxygen atoms in total. The van der Waals surface area contributed by atoms with Crippen molar-refractivity contribution in [1.82, 2.24) is 20.1 Å². The summed E-state index contributed by atoms with van der Waals surface area (Å²) in [5, 5.41) is 20.5. The number of amides is 1. The summed E-state index contributed by atoms with van der Waals surface area (Å²) in [6, 6.07) is 6.47. The van der Waals surface area contributed by atoms with Gasteiger partial charge in [-0.15, -0.1) is 10.2 Å². The smallest absolute Gasteiger partial charge is 0.335 e. The Balaban J connectivity index is 1.44. The zero-order valence-electron chi connectivity index (χ0n) is 14.8. The number of nitrogens with zero attached hydrogens (tertiary/aromatic N) is 3. The second-order valence-corrected chi connectivity index (χ2v) is 6.63. The fraction of sp³-hybridized carbons (Fsp3) is 0.474. The van der Waals surface area contributed by atoms with Gasteiger partial charge in [-0.2, -0.15) is 0 Å². The lowest BCUT2D eigenvalue weighted by Gasteiger charge is -2.08. The van der Waals surface area contributed by atoms with E-state index in [1.165, 1.54) is 31.4 Å². The largest absolute Gasteiger partial charge is 0.478 e. The van der Waals surface area contributed by atoms with Crippen molar-refractivity contribution in [1.29, 1.82) is 0 Å². The lowest BCUT2D eigenvalue weighted by Crippen LogP contribution is -2.26. The van der Waals surface area contributed by atoms with Crippen molar-refractivity contribution in [2.75, 3.05) is 6.54 Å². The van der Waals surface area contributed by atoms with Crippen molar-refractivity contribution < 1.29 is 14.7 Å². The monoisotopic (exact) mass is 356 g/mol. The summed E-state index contributed by atoms with van der Waals surface area (Å²) in [6.45, 7) is 1.56. The quantitative estimate of drug-likeness (QED) is 0.740. The number of carbonyl (C=O) groups excluding carboxylic acids is 1. The molecule has 1 aliphatic heterocycles. The van der Waals surface area contributed by atoms with E-state index in [-0.39, 0.29) is 17.9 Å². The number of rotatable bonds is 7. The van der Waals surface area contributed by atoms with Gasteiger partial charge in [0, 0.05) is 25.9 Å². The van der Waals surface area contributed by atoms with Crippen LogP contribution in [0, 0.1) is 0 Å². The summed E-state index contributed by atoms with van der Waals surface area (Å²) < 4.78 is 2.23. The Bertz CT molecular complexity index is 785.